The molecule has 0 spiro atoms. The summed E-state index contributed by atoms with van der Waals surface area (Å²) in [6.07, 6.45) is 0. The lowest BCUT2D eigenvalue weighted by Crippen LogP contribution is -2.30. The van der Waals surface area contributed by atoms with Crippen LogP contribution >= 0.6 is 0 Å². The molecular weight excluding hydrogens is 219 g/mol. The molecule has 0 aliphatic rings. The van der Waals surface area contributed by atoms with Crippen LogP contribution < -0.4 is 0 Å². The monoisotopic (exact) mass is 232 g/mol. The van der Waals surface area contributed by atoms with Crippen LogP contribution in [0.4, 0.5) is 4.39 Å². The van der Waals surface area contributed by atoms with Gasteiger partial charge >= 0.3 is 0 Å². The zero-order valence-corrected chi connectivity index (χ0v) is 9.42. The highest BCUT2D eigenvalue weighted by Gasteiger charge is 2.27. The molecule has 15 heavy (non-hydrogen) atoms. The molecule has 1 rings (SSSR count). The van der Waals surface area contributed by atoms with E-state index in [4.69, 9.17) is 4.18 Å². The van der Waals surface area contributed by atoms with E-state index in [1.165, 1.54) is 26.0 Å². The largest absolute Gasteiger partial charge is 0.297 e. The molecule has 1 aromatic carbocycles. The van der Waals surface area contributed by atoms with Crippen molar-refractivity contribution in [1.82, 2.24) is 0 Å². The smallest absolute Gasteiger partial charge is 0.258 e. The maximum atomic E-state index is 12.4. The van der Waals surface area contributed by atoms with Crippen molar-refractivity contribution in [2.75, 3.05) is 6.67 Å². The number of alkyl halides is 1. The summed E-state index contributed by atoms with van der Waals surface area (Å²) in [7, 11) is -3.87. The summed E-state index contributed by atoms with van der Waals surface area (Å²) in [5.74, 6) is 0. The minimum absolute atomic E-state index is 0.0338. The van der Waals surface area contributed by atoms with Crippen molar-refractivity contribution in [3.63, 3.8) is 0 Å². The van der Waals surface area contributed by atoms with E-state index in [1.54, 1.807) is 18.2 Å². The molecule has 0 N–H and O–H groups in total. The Morgan fingerprint density at radius 3 is 2.27 bits per heavy atom. The van der Waals surface area contributed by atoms with Gasteiger partial charge in [-0.25, -0.2) is 4.39 Å². The molecule has 1 aromatic rings. The Labute approximate surface area is 89.0 Å². The van der Waals surface area contributed by atoms with Gasteiger partial charge in [0.1, 0.15) is 12.3 Å². The molecule has 0 unspecified atom stereocenters. The Hall–Kier alpha value is -0.940. The van der Waals surface area contributed by atoms with Crippen LogP contribution in [0.3, 0.4) is 0 Å². The van der Waals surface area contributed by atoms with Gasteiger partial charge in [-0.1, -0.05) is 18.2 Å². The van der Waals surface area contributed by atoms with E-state index in [1.807, 2.05) is 0 Å². The molecular formula is C10H13FO3S. The molecule has 3 nitrogen and oxygen atoms in total. The third-order valence-electron chi connectivity index (χ3n) is 1.69. The van der Waals surface area contributed by atoms with Crippen LogP contribution in [0.25, 0.3) is 0 Å². The molecule has 0 saturated heterocycles. The molecule has 84 valence electrons. The number of halogens is 1. The molecule has 0 atom stereocenters. The minimum atomic E-state index is -3.87. The topological polar surface area (TPSA) is 43.4 Å². The fourth-order valence-electron chi connectivity index (χ4n) is 0.955. The summed E-state index contributed by atoms with van der Waals surface area (Å²) in [5, 5.41) is 0. The van der Waals surface area contributed by atoms with Gasteiger partial charge in [0, 0.05) is 0 Å². The first-order chi connectivity index (χ1) is 6.87. The standard InChI is InChI=1S/C10H13FO3S/c1-10(2,8-11)14-15(12,13)9-6-4-3-5-7-9/h3-7H,8H2,1-2H3. The lowest BCUT2D eigenvalue weighted by Gasteiger charge is -2.20. The second-order valence-corrected chi connectivity index (χ2v) is 5.29. The zero-order chi connectivity index (χ0) is 11.5. The third-order valence-corrected chi connectivity index (χ3v) is 3.21. The first-order valence-corrected chi connectivity index (χ1v) is 5.85. The zero-order valence-electron chi connectivity index (χ0n) is 8.60. The van der Waals surface area contributed by atoms with Gasteiger partial charge in [-0.2, -0.15) is 8.42 Å². The van der Waals surface area contributed by atoms with Gasteiger partial charge in [0.2, 0.25) is 0 Å². The summed E-state index contributed by atoms with van der Waals surface area (Å²) in [4.78, 5) is 0.0338. The lowest BCUT2D eigenvalue weighted by molar-refractivity contribution is 0.0859. The van der Waals surface area contributed by atoms with Crippen LogP contribution in [0.2, 0.25) is 0 Å². The molecule has 0 aliphatic heterocycles. The van der Waals surface area contributed by atoms with Crippen LogP contribution in [-0.4, -0.2) is 20.7 Å². The average Bonchev–Trinajstić information content (AvgIpc) is 2.18. The molecule has 0 amide bonds. The summed E-state index contributed by atoms with van der Waals surface area (Å²) in [6, 6.07) is 7.67. The van der Waals surface area contributed by atoms with Crippen molar-refractivity contribution in [2.24, 2.45) is 0 Å². The first kappa shape index (κ1) is 12.1. The van der Waals surface area contributed by atoms with Crippen molar-refractivity contribution < 1.29 is 17.0 Å². The van der Waals surface area contributed by atoms with Crippen molar-refractivity contribution in [3.05, 3.63) is 30.3 Å². The fraction of sp³-hybridized carbons (Fsp3) is 0.400. The molecule has 0 radical (unpaired) electrons. The lowest BCUT2D eigenvalue weighted by atomic mass is 10.2. The Morgan fingerprint density at radius 2 is 1.80 bits per heavy atom. The molecule has 5 heteroatoms. The molecule has 0 heterocycles. The van der Waals surface area contributed by atoms with Crippen LogP contribution in [0, 0.1) is 0 Å². The predicted octanol–water partition coefficient (Wildman–Crippen LogP) is 2.14. The van der Waals surface area contributed by atoms with Gasteiger partial charge in [0.25, 0.3) is 10.1 Å². The second-order valence-electron chi connectivity index (χ2n) is 3.74. The SMILES string of the molecule is CC(C)(CF)OS(=O)(=O)c1ccccc1. The average molecular weight is 232 g/mol. The van der Waals surface area contributed by atoms with E-state index in [2.05, 4.69) is 0 Å². The maximum absolute atomic E-state index is 12.4. The van der Waals surface area contributed by atoms with Crippen LogP contribution in [0.1, 0.15) is 13.8 Å². The molecule has 0 fully saturated rings. The van der Waals surface area contributed by atoms with Crippen molar-refractivity contribution in [1.29, 1.82) is 0 Å². The van der Waals surface area contributed by atoms with E-state index in [0.29, 0.717) is 0 Å². The fourth-order valence-corrected chi connectivity index (χ4v) is 2.18. The van der Waals surface area contributed by atoms with E-state index in [-0.39, 0.29) is 4.90 Å². The Balaban J connectivity index is 2.96. The van der Waals surface area contributed by atoms with Gasteiger partial charge in [-0.05, 0) is 26.0 Å². The normalized spacial score (nSPS) is 12.7. The highest BCUT2D eigenvalue weighted by Crippen LogP contribution is 2.20. The summed E-state index contributed by atoms with van der Waals surface area (Å²) >= 11 is 0. The quantitative estimate of drug-likeness (QED) is 0.747. The van der Waals surface area contributed by atoms with E-state index < -0.39 is 22.4 Å². The Kier molecular flexibility index (Phi) is 3.46. The highest BCUT2D eigenvalue weighted by atomic mass is 32.2. The Morgan fingerprint density at radius 1 is 1.27 bits per heavy atom. The van der Waals surface area contributed by atoms with E-state index >= 15 is 0 Å². The van der Waals surface area contributed by atoms with Gasteiger partial charge in [0.05, 0.1) is 4.90 Å². The number of rotatable bonds is 4. The minimum Gasteiger partial charge on any atom is -0.258 e. The second kappa shape index (κ2) is 4.28. The summed E-state index contributed by atoms with van der Waals surface area (Å²) in [6.45, 7) is 1.90. The maximum Gasteiger partial charge on any atom is 0.297 e. The number of hydrogen-bond acceptors (Lipinski definition) is 3. The molecule has 0 aliphatic carbocycles. The number of benzene rings is 1. The predicted molar refractivity (Wildman–Crippen MR) is 54.8 cm³/mol. The number of hydrogen-bond donors (Lipinski definition) is 0. The van der Waals surface area contributed by atoms with Crippen LogP contribution in [-0.2, 0) is 14.3 Å². The highest BCUT2D eigenvalue weighted by molar-refractivity contribution is 7.86. The van der Waals surface area contributed by atoms with Gasteiger partial charge in [-0.15, -0.1) is 0 Å². The van der Waals surface area contributed by atoms with Crippen LogP contribution in [0.5, 0.6) is 0 Å². The Bertz CT molecular complexity index is 412. The van der Waals surface area contributed by atoms with Crippen molar-refractivity contribution in [3.8, 4) is 0 Å². The molecule has 0 aromatic heterocycles. The van der Waals surface area contributed by atoms with Gasteiger partial charge < -0.3 is 0 Å². The molecule has 0 bridgehead atoms. The van der Waals surface area contributed by atoms with Gasteiger partial charge in [0.15, 0.2) is 0 Å². The van der Waals surface area contributed by atoms with Crippen LogP contribution in [0.15, 0.2) is 35.2 Å². The molecule has 0 saturated carbocycles. The van der Waals surface area contributed by atoms with E-state index in [9.17, 15) is 12.8 Å². The third kappa shape index (κ3) is 3.28. The summed E-state index contributed by atoms with van der Waals surface area (Å²) in [5.41, 5.74) is -1.32. The van der Waals surface area contributed by atoms with E-state index in [0.717, 1.165) is 0 Å². The van der Waals surface area contributed by atoms with Crippen molar-refractivity contribution in [2.45, 2.75) is 24.3 Å². The van der Waals surface area contributed by atoms with Gasteiger partial charge in [-0.3, -0.25) is 4.18 Å². The first-order valence-electron chi connectivity index (χ1n) is 4.44. The van der Waals surface area contributed by atoms with Crippen molar-refractivity contribution >= 4 is 10.1 Å². The summed E-state index contributed by atoms with van der Waals surface area (Å²) < 4.78 is 40.4.